The minimum Gasteiger partial charge on any atom is -0.547 e. The summed E-state index contributed by atoms with van der Waals surface area (Å²) in [4.78, 5) is 0. The fraction of sp³-hybridized carbons (Fsp3) is 0.846. The van der Waals surface area contributed by atoms with Crippen LogP contribution in [0.1, 0.15) is 47.0 Å². The van der Waals surface area contributed by atoms with Crippen LogP contribution < -0.4 is 0 Å². The van der Waals surface area contributed by atoms with Crippen molar-refractivity contribution in [3.8, 4) is 0 Å². The maximum atomic E-state index is 6.37. The molecule has 0 fully saturated rings. The lowest BCUT2D eigenvalue weighted by atomic mass is 9.95. The summed E-state index contributed by atoms with van der Waals surface area (Å²) in [5.74, 6) is 2.17. The Balaban J connectivity index is 2.59. The summed E-state index contributed by atoms with van der Waals surface area (Å²) in [7, 11) is -1.40. The molecule has 0 bridgehead atoms. The third-order valence-electron chi connectivity index (χ3n) is 3.91. The Morgan fingerprint density at radius 1 is 1.27 bits per heavy atom. The van der Waals surface area contributed by atoms with Crippen molar-refractivity contribution in [1.82, 2.24) is 0 Å². The Hall–Kier alpha value is -0.243. The van der Waals surface area contributed by atoms with Gasteiger partial charge in [-0.05, 0) is 43.0 Å². The second-order valence-corrected chi connectivity index (χ2v) is 9.59. The molecule has 88 valence electrons. The first-order chi connectivity index (χ1) is 7.15. The minimum atomic E-state index is -1.40. The van der Waals surface area contributed by atoms with Gasteiger partial charge in [0, 0.05) is 6.42 Å². The second-order valence-electron chi connectivity index (χ2n) is 4.90. The smallest absolute Gasteiger partial charge is 0.250 e. The number of allylic oxidation sites excluding steroid dienone is 2. The Kier molecular flexibility index (Phi) is 4.90. The van der Waals surface area contributed by atoms with E-state index in [2.05, 4.69) is 33.8 Å². The number of hydrogen-bond acceptors (Lipinski definition) is 1. The van der Waals surface area contributed by atoms with Crippen molar-refractivity contribution in [2.45, 2.75) is 65.1 Å². The summed E-state index contributed by atoms with van der Waals surface area (Å²) < 4.78 is 6.37. The molecule has 0 N–H and O–H groups in total. The van der Waals surface area contributed by atoms with Crippen molar-refractivity contribution in [1.29, 1.82) is 0 Å². The molecular formula is C13H26OSi. The van der Waals surface area contributed by atoms with Crippen molar-refractivity contribution in [2.24, 2.45) is 5.92 Å². The SMILES string of the molecule is CC[Si](CC)(CC)OC1=CCC(C)CC1. The standard InChI is InChI=1S/C13H26OSi/c1-5-15(6-2,7-3)14-13-10-8-12(4)9-11-13/h10,12H,5-9,11H2,1-4H3. The molecule has 2 heteroatoms. The normalized spacial score (nSPS) is 22.4. The Bertz CT molecular complexity index is 210. The molecule has 0 radical (unpaired) electrons. The van der Waals surface area contributed by atoms with Gasteiger partial charge in [-0.25, -0.2) is 0 Å². The topological polar surface area (TPSA) is 9.23 Å². The van der Waals surface area contributed by atoms with Gasteiger partial charge in [-0.2, -0.15) is 0 Å². The van der Waals surface area contributed by atoms with E-state index in [4.69, 9.17) is 4.43 Å². The van der Waals surface area contributed by atoms with Gasteiger partial charge in [0.05, 0.1) is 5.76 Å². The molecule has 1 unspecified atom stereocenters. The van der Waals surface area contributed by atoms with Crippen molar-refractivity contribution in [3.63, 3.8) is 0 Å². The highest BCUT2D eigenvalue weighted by Crippen LogP contribution is 2.30. The quantitative estimate of drug-likeness (QED) is 0.617. The van der Waals surface area contributed by atoms with Crippen LogP contribution in [-0.4, -0.2) is 8.32 Å². The molecule has 1 aliphatic rings. The molecule has 0 saturated carbocycles. The lowest BCUT2D eigenvalue weighted by molar-refractivity contribution is 0.344. The van der Waals surface area contributed by atoms with Crippen LogP contribution in [0.2, 0.25) is 18.1 Å². The van der Waals surface area contributed by atoms with E-state index in [1.807, 2.05) is 0 Å². The molecule has 0 aliphatic heterocycles. The average Bonchev–Trinajstić information content (AvgIpc) is 2.29. The van der Waals surface area contributed by atoms with Crippen molar-refractivity contribution in [3.05, 3.63) is 11.8 Å². The van der Waals surface area contributed by atoms with E-state index in [-0.39, 0.29) is 0 Å². The van der Waals surface area contributed by atoms with Crippen molar-refractivity contribution in [2.75, 3.05) is 0 Å². The highest BCUT2D eigenvalue weighted by Gasteiger charge is 2.31. The minimum absolute atomic E-state index is 0.860. The van der Waals surface area contributed by atoms with E-state index in [0.29, 0.717) is 0 Å². The van der Waals surface area contributed by atoms with Gasteiger partial charge in [0.1, 0.15) is 0 Å². The predicted molar refractivity (Wildman–Crippen MR) is 69.4 cm³/mol. The third kappa shape index (κ3) is 3.37. The zero-order valence-electron chi connectivity index (χ0n) is 10.8. The Labute approximate surface area is 96.0 Å². The van der Waals surface area contributed by atoms with Gasteiger partial charge in [0.2, 0.25) is 8.32 Å². The van der Waals surface area contributed by atoms with Crippen LogP contribution in [0.4, 0.5) is 0 Å². The van der Waals surface area contributed by atoms with Crippen LogP contribution in [0.5, 0.6) is 0 Å². The number of hydrogen-bond donors (Lipinski definition) is 0. The first-order valence-corrected chi connectivity index (χ1v) is 9.06. The van der Waals surface area contributed by atoms with Crippen molar-refractivity contribution >= 4 is 8.32 Å². The number of rotatable bonds is 5. The van der Waals surface area contributed by atoms with Gasteiger partial charge in [0.15, 0.2) is 0 Å². The largest absolute Gasteiger partial charge is 0.547 e. The Morgan fingerprint density at radius 3 is 2.27 bits per heavy atom. The van der Waals surface area contributed by atoms with Gasteiger partial charge in [-0.1, -0.05) is 27.7 Å². The summed E-state index contributed by atoms with van der Waals surface area (Å²) in [6, 6.07) is 3.77. The monoisotopic (exact) mass is 226 g/mol. The van der Waals surface area contributed by atoms with Crippen LogP contribution in [-0.2, 0) is 4.43 Å². The van der Waals surface area contributed by atoms with Gasteiger partial charge in [-0.15, -0.1) is 0 Å². The fourth-order valence-electron chi connectivity index (χ4n) is 2.28. The molecule has 1 atom stereocenters. The molecule has 0 aromatic heterocycles. The molecule has 0 aromatic carbocycles. The molecule has 0 saturated heterocycles. The summed E-state index contributed by atoms with van der Waals surface area (Å²) in [6.45, 7) is 9.22. The van der Waals surface area contributed by atoms with Crippen LogP contribution in [0.3, 0.4) is 0 Å². The molecule has 1 aliphatic carbocycles. The fourth-order valence-corrected chi connectivity index (χ4v) is 4.95. The molecule has 0 amide bonds. The molecule has 0 heterocycles. The zero-order chi connectivity index (χ0) is 11.3. The van der Waals surface area contributed by atoms with E-state index in [1.54, 1.807) is 0 Å². The molecule has 1 nitrogen and oxygen atoms in total. The van der Waals surface area contributed by atoms with Gasteiger partial charge in [-0.3, -0.25) is 0 Å². The zero-order valence-corrected chi connectivity index (χ0v) is 11.8. The summed E-state index contributed by atoms with van der Waals surface area (Å²) in [5.41, 5.74) is 0. The summed E-state index contributed by atoms with van der Waals surface area (Å²) >= 11 is 0. The van der Waals surface area contributed by atoms with Gasteiger partial charge >= 0.3 is 0 Å². The molecule has 1 rings (SSSR count). The third-order valence-corrected chi connectivity index (χ3v) is 8.47. The van der Waals surface area contributed by atoms with Gasteiger partial charge < -0.3 is 4.43 Å². The molecule has 15 heavy (non-hydrogen) atoms. The van der Waals surface area contributed by atoms with E-state index in [0.717, 1.165) is 5.92 Å². The van der Waals surface area contributed by atoms with Crippen LogP contribution in [0, 0.1) is 5.92 Å². The van der Waals surface area contributed by atoms with Gasteiger partial charge in [0.25, 0.3) is 0 Å². The maximum absolute atomic E-state index is 6.37. The van der Waals surface area contributed by atoms with E-state index in [1.165, 1.54) is 43.2 Å². The highest BCUT2D eigenvalue weighted by atomic mass is 28.4. The van der Waals surface area contributed by atoms with Crippen molar-refractivity contribution < 1.29 is 4.43 Å². The first kappa shape index (κ1) is 12.8. The lowest BCUT2D eigenvalue weighted by Gasteiger charge is -2.32. The molecule has 0 spiro atoms. The first-order valence-electron chi connectivity index (χ1n) is 6.53. The summed E-state index contributed by atoms with van der Waals surface area (Å²) in [5, 5.41) is 0. The molecule has 0 aromatic rings. The highest BCUT2D eigenvalue weighted by molar-refractivity contribution is 6.73. The summed E-state index contributed by atoms with van der Waals surface area (Å²) in [6.07, 6.45) is 6.05. The van der Waals surface area contributed by atoms with Crippen LogP contribution in [0.25, 0.3) is 0 Å². The van der Waals surface area contributed by atoms with Crippen LogP contribution in [0.15, 0.2) is 11.8 Å². The van der Waals surface area contributed by atoms with E-state index in [9.17, 15) is 0 Å². The maximum Gasteiger partial charge on any atom is 0.250 e. The van der Waals surface area contributed by atoms with E-state index < -0.39 is 8.32 Å². The van der Waals surface area contributed by atoms with E-state index >= 15 is 0 Å². The second kappa shape index (κ2) is 5.74. The average molecular weight is 226 g/mol. The lowest BCUT2D eigenvalue weighted by Crippen LogP contribution is -2.35. The Morgan fingerprint density at radius 2 is 1.87 bits per heavy atom. The predicted octanol–water partition coefficient (Wildman–Crippen LogP) is 4.71. The van der Waals surface area contributed by atoms with Crippen LogP contribution >= 0.6 is 0 Å². The molecular weight excluding hydrogens is 200 g/mol.